The van der Waals surface area contributed by atoms with Crippen LogP contribution in [0.5, 0.6) is 0 Å². The number of nitrogens with zero attached hydrogens (tertiary/aromatic N) is 2. The van der Waals surface area contributed by atoms with Crippen LogP contribution in [0, 0.1) is 5.82 Å². The number of anilines is 1. The lowest BCUT2D eigenvalue weighted by atomic mass is 9.97. The van der Waals surface area contributed by atoms with Crippen LogP contribution < -0.4 is 10.2 Å². The zero-order valence-electron chi connectivity index (χ0n) is 9.19. The highest BCUT2D eigenvalue weighted by Gasteiger charge is 2.34. The SMILES string of the molecule is Fc1cncc(N2CCC[C@@H]3NCC[C@@H]32)c1. The van der Waals surface area contributed by atoms with E-state index in [1.807, 2.05) is 0 Å². The minimum absolute atomic E-state index is 0.245. The Labute approximate surface area is 94.7 Å². The van der Waals surface area contributed by atoms with Crippen molar-refractivity contribution in [2.45, 2.75) is 31.3 Å². The summed E-state index contributed by atoms with van der Waals surface area (Å²) >= 11 is 0. The van der Waals surface area contributed by atoms with Gasteiger partial charge in [-0.3, -0.25) is 4.98 Å². The maximum Gasteiger partial charge on any atom is 0.143 e. The smallest absolute Gasteiger partial charge is 0.143 e. The van der Waals surface area contributed by atoms with Crippen LogP contribution in [0.2, 0.25) is 0 Å². The molecule has 2 saturated heterocycles. The van der Waals surface area contributed by atoms with Gasteiger partial charge in [-0.05, 0) is 25.8 Å². The quantitative estimate of drug-likeness (QED) is 0.780. The first-order chi connectivity index (χ1) is 7.84. The summed E-state index contributed by atoms with van der Waals surface area (Å²) in [5.74, 6) is -0.245. The van der Waals surface area contributed by atoms with Crippen LogP contribution in [-0.4, -0.2) is 30.2 Å². The topological polar surface area (TPSA) is 28.2 Å². The lowest BCUT2D eigenvalue weighted by molar-refractivity contribution is 0.411. The largest absolute Gasteiger partial charge is 0.366 e. The number of piperidine rings is 1. The Bertz CT molecular complexity index is 382. The number of aromatic nitrogens is 1. The van der Waals surface area contributed by atoms with E-state index in [0.29, 0.717) is 12.1 Å². The fraction of sp³-hybridized carbons (Fsp3) is 0.583. The minimum Gasteiger partial charge on any atom is -0.366 e. The summed E-state index contributed by atoms with van der Waals surface area (Å²) in [6.45, 7) is 2.10. The summed E-state index contributed by atoms with van der Waals surface area (Å²) in [7, 11) is 0. The molecule has 0 radical (unpaired) electrons. The molecule has 1 N–H and O–H groups in total. The van der Waals surface area contributed by atoms with Crippen LogP contribution in [0.25, 0.3) is 0 Å². The Balaban J connectivity index is 1.88. The monoisotopic (exact) mass is 221 g/mol. The van der Waals surface area contributed by atoms with Crippen molar-refractivity contribution in [3.63, 3.8) is 0 Å². The third-order valence-corrected chi connectivity index (χ3v) is 3.65. The van der Waals surface area contributed by atoms with Crippen molar-refractivity contribution in [1.29, 1.82) is 0 Å². The molecule has 0 saturated carbocycles. The summed E-state index contributed by atoms with van der Waals surface area (Å²) < 4.78 is 13.2. The molecule has 2 aliphatic heterocycles. The number of fused-ring (bicyclic) bond motifs is 1. The third kappa shape index (κ3) is 1.67. The van der Waals surface area contributed by atoms with Gasteiger partial charge in [0.25, 0.3) is 0 Å². The van der Waals surface area contributed by atoms with E-state index in [-0.39, 0.29) is 5.82 Å². The number of nitrogens with one attached hydrogen (secondary N) is 1. The van der Waals surface area contributed by atoms with Crippen LogP contribution in [-0.2, 0) is 0 Å². The number of hydrogen-bond acceptors (Lipinski definition) is 3. The van der Waals surface area contributed by atoms with E-state index >= 15 is 0 Å². The first kappa shape index (κ1) is 10.0. The lowest BCUT2D eigenvalue weighted by Gasteiger charge is -2.38. The highest BCUT2D eigenvalue weighted by Crippen LogP contribution is 2.29. The molecule has 4 heteroatoms. The van der Waals surface area contributed by atoms with Gasteiger partial charge in [0.15, 0.2) is 0 Å². The Morgan fingerprint density at radius 2 is 2.31 bits per heavy atom. The van der Waals surface area contributed by atoms with Gasteiger partial charge >= 0.3 is 0 Å². The van der Waals surface area contributed by atoms with Gasteiger partial charge in [0.05, 0.1) is 18.1 Å². The van der Waals surface area contributed by atoms with Crippen LogP contribution >= 0.6 is 0 Å². The maximum absolute atomic E-state index is 13.2. The second kappa shape index (κ2) is 4.01. The summed E-state index contributed by atoms with van der Waals surface area (Å²) in [4.78, 5) is 6.25. The predicted molar refractivity (Wildman–Crippen MR) is 61.0 cm³/mol. The Morgan fingerprint density at radius 3 is 3.19 bits per heavy atom. The fourth-order valence-corrected chi connectivity index (χ4v) is 2.95. The Kier molecular flexibility index (Phi) is 2.52. The maximum atomic E-state index is 13.2. The molecule has 16 heavy (non-hydrogen) atoms. The molecular formula is C12H16FN3. The fourth-order valence-electron chi connectivity index (χ4n) is 2.95. The van der Waals surface area contributed by atoms with Gasteiger partial charge in [0.2, 0.25) is 0 Å². The molecule has 0 aromatic carbocycles. The van der Waals surface area contributed by atoms with Gasteiger partial charge in [0, 0.05) is 24.7 Å². The number of halogens is 1. The molecule has 3 nitrogen and oxygen atoms in total. The highest BCUT2D eigenvalue weighted by atomic mass is 19.1. The molecule has 2 aliphatic rings. The van der Waals surface area contributed by atoms with Gasteiger partial charge in [-0.2, -0.15) is 0 Å². The lowest BCUT2D eigenvalue weighted by Crippen LogP contribution is -2.48. The zero-order valence-corrected chi connectivity index (χ0v) is 9.19. The highest BCUT2D eigenvalue weighted by molar-refractivity contribution is 5.46. The second-order valence-corrected chi connectivity index (χ2v) is 4.61. The van der Waals surface area contributed by atoms with Gasteiger partial charge in [-0.1, -0.05) is 0 Å². The summed E-state index contributed by atoms with van der Waals surface area (Å²) in [6, 6.07) is 2.70. The molecule has 2 atom stereocenters. The van der Waals surface area contributed by atoms with Crippen molar-refractivity contribution in [3.8, 4) is 0 Å². The van der Waals surface area contributed by atoms with Crippen LogP contribution in [0.15, 0.2) is 18.5 Å². The van der Waals surface area contributed by atoms with E-state index in [0.717, 1.165) is 25.2 Å². The van der Waals surface area contributed by atoms with Gasteiger partial charge in [-0.15, -0.1) is 0 Å². The molecule has 3 rings (SSSR count). The average Bonchev–Trinajstić information content (AvgIpc) is 2.76. The van der Waals surface area contributed by atoms with Crippen LogP contribution in [0.1, 0.15) is 19.3 Å². The third-order valence-electron chi connectivity index (χ3n) is 3.65. The first-order valence-electron chi connectivity index (χ1n) is 5.95. The Morgan fingerprint density at radius 1 is 1.38 bits per heavy atom. The molecule has 0 spiro atoms. The Hall–Kier alpha value is -1.16. The van der Waals surface area contributed by atoms with E-state index < -0.39 is 0 Å². The predicted octanol–water partition coefficient (Wildman–Crippen LogP) is 1.55. The van der Waals surface area contributed by atoms with Crippen molar-refractivity contribution in [2.75, 3.05) is 18.0 Å². The van der Waals surface area contributed by atoms with Crippen molar-refractivity contribution in [3.05, 3.63) is 24.3 Å². The zero-order chi connectivity index (χ0) is 11.0. The van der Waals surface area contributed by atoms with Crippen molar-refractivity contribution in [2.24, 2.45) is 0 Å². The summed E-state index contributed by atoms with van der Waals surface area (Å²) in [5, 5.41) is 3.52. The standard InChI is InChI=1S/C12H16FN3/c13-9-6-10(8-14-7-9)16-5-1-2-11-12(16)3-4-15-11/h6-8,11-12,15H,1-5H2/t11-,12-/m0/s1. The molecule has 3 heterocycles. The number of pyridine rings is 1. The van der Waals surface area contributed by atoms with E-state index in [9.17, 15) is 4.39 Å². The van der Waals surface area contributed by atoms with E-state index in [2.05, 4.69) is 15.2 Å². The molecular weight excluding hydrogens is 205 g/mol. The number of rotatable bonds is 1. The van der Waals surface area contributed by atoms with E-state index in [1.165, 1.54) is 19.0 Å². The van der Waals surface area contributed by atoms with Gasteiger partial charge in [0.1, 0.15) is 5.82 Å². The summed E-state index contributed by atoms with van der Waals surface area (Å²) in [5.41, 5.74) is 0.929. The summed E-state index contributed by atoms with van der Waals surface area (Å²) in [6.07, 6.45) is 6.59. The first-order valence-corrected chi connectivity index (χ1v) is 5.95. The molecule has 0 aliphatic carbocycles. The van der Waals surface area contributed by atoms with Crippen molar-refractivity contribution in [1.82, 2.24) is 10.3 Å². The minimum atomic E-state index is -0.245. The van der Waals surface area contributed by atoms with Crippen molar-refractivity contribution >= 4 is 5.69 Å². The molecule has 0 amide bonds. The van der Waals surface area contributed by atoms with Crippen LogP contribution in [0.3, 0.4) is 0 Å². The molecule has 1 aromatic heterocycles. The average molecular weight is 221 g/mol. The van der Waals surface area contributed by atoms with Crippen molar-refractivity contribution < 1.29 is 4.39 Å². The normalized spacial score (nSPS) is 29.2. The molecule has 86 valence electrons. The second-order valence-electron chi connectivity index (χ2n) is 4.61. The van der Waals surface area contributed by atoms with Crippen LogP contribution in [0.4, 0.5) is 10.1 Å². The van der Waals surface area contributed by atoms with Gasteiger partial charge < -0.3 is 10.2 Å². The number of hydrogen-bond donors (Lipinski definition) is 1. The molecule has 1 aromatic rings. The van der Waals surface area contributed by atoms with E-state index in [1.54, 1.807) is 12.3 Å². The van der Waals surface area contributed by atoms with E-state index in [4.69, 9.17) is 0 Å². The molecule has 0 unspecified atom stereocenters. The molecule has 2 fully saturated rings. The van der Waals surface area contributed by atoms with Gasteiger partial charge in [-0.25, -0.2) is 4.39 Å². The molecule has 0 bridgehead atoms.